The standard InChI is InChI=1S/C23H40BrNO3/c1-6-28-19-12-22(2)13(9-17(19)26)7-8-14-15-10-18(27)21(24)23(15,3)11-16(20(14)22)25(4)5/h13-21,26-27H,6-12H2,1-5H3/t13-,14-,15-,16+,17-,18-,19-,20+,21+,22-,23-/m0/s1. The van der Waals surface area contributed by atoms with E-state index in [0.29, 0.717) is 36.3 Å². The highest BCUT2D eigenvalue weighted by molar-refractivity contribution is 9.09. The lowest BCUT2D eigenvalue weighted by Gasteiger charge is -2.64. The molecule has 0 aromatic rings. The third-order valence-electron chi connectivity index (χ3n) is 9.53. The number of ether oxygens (including phenoxy) is 1. The summed E-state index contributed by atoms with van der Waals surface area (Å²) in [4.78, 5) is 2.65. The van der Waals surface area contributed by atoms with Crippen molar-refractivity contribution in [2.45, 2.75) is 88.5 Å². The van der Waals surface area contributed by atoms with Gasteiger partial charge in [-0.05, 0) is 94.0 Å². The molecule has 4 rings (SSSR count). The number of aliphatic hydroxyl groups excluding tert-OH is 2. The molecule has 0 aliphatic heterocycles. The van der Waals surface area contributed by atoms with Crippen LogP contribution in [0.5, 0.6) is 0 Å². The Morgan fingerprint density at radius 1 is 1.04 bits per heavy atom. The third kappa shape index (κ3) is 3.05. The highest BCUT2D eigenvalue weighted by Gasteiger charge is 2.65. The summed E-state index contributed by atoms with van der Waals surface area (Å²) < 4.78 is 6.01. The van der Waals surface area contributed by atoms with Crippen LogP contribution in [0.1, 0.15) is 59.3 Å². The highest BCUT2D eigenvalue weighted by Crippen LogP contribution is 2.67. The highest BCUT2D eigenvalue weighted by atomic mass is 79.9. The first-order chi connectivity index (χ1) is 13.1. The molecule has 5 heteroatoms. The first kappa shape index (κ1) is 21.5. The Kier molecular flexibility index (Phi) is 5.75. The summed E-state index contributed by atoms with van der Waals surface area (Å²) in [5.74, 6) is 2.43. The van der Waals surface area contributed by atoms with Crippen LogP contribution < -0.4 is 0 Å². The molecular weight excluding hydrogens is 418 g/mol. The van der Waals surface area contributed by atoms with Crippen LogP contribution in [-0.2, 0) is 4.74 Å². The van der Waals surface area contributed by atoms with E-state index >= 15 is 0 Å². The molecule has 0 spiro atoms. The van der Waals surface area contributed by atoms with Crippen molar-refractivity contribution in [1.82, 2.24) is 4.90 Å². The molecule has 2 N–H and O–H groups in total. The van der Waals surface area contributed by atoms with Gasteiger partial charge in [0.05, 0.1) is 18.3 Å². The number of halogens is 1. The van der Waals surface area contributed by atoms with Crippen molar-refractivity contribution in [3.63, 3.8) is 0 Å². The molecule has 0 saturated heterocycles. The summed E-state index contributed by atoms with van der Waals surface area (Å²) in [6, 6.07) is 0.516. The normalized spacial score (nSPS) is 56.2. The molecule has 11 atom stereocenters. The summed E-state index contributed by atoms with van der Waals surface area (Å²) >= 11 is 3.89. The second kappa shape index (κ2) is 7.47. The van der Waals surface area contributed by atoms with Crippen molar-refractivity contribution in [3.8, 4) is 0 Å². The Hall–Kier alpha value is 0.320. The minimum atomic E-state index is -0.318. The Morgan fingerprint density at radius 3 is 2.39 bits per heavy atom. The number of hydrogen-bond acceptors (Lipinski definition) is 4. The summed E-state index contributed by atoms with van der Waals surface area (Å²) in [6.45, 7) is 7.63. The van der Waals surface area contributed by atoms with Crippen molar-refractivity contribution >= 4 is 15.9 Å². The van der Waals surface area contributed by atoms with Crippen LogP contribution in [0.25, 0.3) is 0 Å². The molecule has 28 heavy (non-hydrogen) atoms. The predicted molar refractivity (Wildman–Crippen MR) is 115 cm³/mol. The molecule has 4 nitrogen and oxygen atoms in total. The van der Waals surface area contributed by atoms with Crippen molar-refractivity contribution in [2.75, 3.05) is 20.7 Å². The lowest BCUT2D eigenvalue weighted by molar-refractivity contribution is -0.185. The van der Waals surface area contributed by atoms with Crippen LogP contribution in [-0.4, -0.2) is 65.0 Å². The van der Waals surface area contributed by atoms with E-state index in [1.807, 2.05) is 6.92 Å². The van der Waals surface area contributed by atoms with Gasteiger partial charge in [-0.25, -0.2) is 0 Å². The molecule has 0 radical (unpaired) electrons. The molecule has 4 fully saturated rings. The molecule has 0 amide bonds. The largest absolute Gasteiger partial charge is 0.392 e. The van der Waals surface area contributed by atoms with Gasteiger partial charge >= 0.3 is 0 Å². The van der Waals surface area contributed by atoms with Crippen molar-refractivity contribution in [3.05, 3.63) is 0 Å². The van der Waals surface area contributed by atoms with Gasteiger partial charge in [0, 0.05) is 17.5 Å². The van der Waals surface area contributed by atoms with Gasteiger partial charge < -0.3 is 19.8 Å². The van der Waals surface area contributed by atoms with E-state index in [1.54, 1.807) is 0 Å². The first-order valence-corrected chi connectivity index (χ1v) is 12.3. The van der Waals surface area contributed by atoms with Crippen molar-refractivity contribution in [1.29, 1.82) is 0 Å². The van der Waals surface area contributed by atoms with Gasteiger partial charge in [0.1, 0.15) is 0 Å². The summed E-state index contributed by atoms with van der Waals surface area (Å²) in [7, 11) is 4.48. The van der Waals surface area contributed by atoms with E-state index in [-0.39, 0.29) is 34.0 Å². The van der Waals surface area contributed by atoms with Gasteiger partial charge in [0.25, 0.3) is 0 Å². The van der Waals surface area contributed by atoms with Gasteiger partial charge in [0.2, 0.25) is 0 Å². The Morgan fingerprint density at radius 2 is 1.75 bits per heavy atom. The number of rotatable bonds is 3. The zero-order valence-electron chi connectivity index (χ0n) is 18.3. The van der Waals surface area contributed by atoms with Gasteiger partial charge in [-0.1, -0.05) is 29.8 Å². The molecule has 0 bridgehead atoms. The van der Waals surface area contributed by atoms with Crippen LogP contribution in [0, 0.1) is 34.5 Å². The van der Waals surface area contributed by atoms with Gasteiger partial charge in [-0.3, -0.25) is 0 Å². The minimum Gasteiger partial charge on any atom is -0.392 e. The van der Waals surface area contributed by atoms with E-state index < -0.39 is 0 Å². The van der Waals surface area contributed by atoms with Crippen LogP contribution in [0.4, 0.5) is 0 Å². The maximum Gasteiger partial charge on any atom is 0.0839 e. The molecule has 0 heterocycles. The maximum atomic E-state index is 10.7. The molecule has 0 aromatic carbocycles. The van der Waals surface area contributed by atoms with E-state index in [2.05, 4.69) is 48.8 Å². The van der Waals surface area contributed by atoms with Gasteiger partial charge in [-0.15, -0.1) is 0 Å². The Bertz CT molecular complexity index is 588. The molecule has 0 aromatic heterocycles. The third-order valence-corrected chi connectivity index (χ3v) is 11.2. The topological polar surface area (TPSA) is 52.9 Å². The molecule has 162 valence electrons. The smallest absolute Gasteiger partial charge is 0.0839 e. The lowest BCUT2D eigenvalue weighted by Crippen LogP contribution is -2.63. The molecule has 0 unspecified atom stereocenters. The van der Waals surface area contributed by atoms with E-state index in [1.165, 1.54) is 12.8 Å². The molecular formula is C23H40BrNO3. The fraction of sp³-hybridized carbons (Fsp3) is 1.00. The lowest BCUT2D eigenvalue weighted by atomic mass is 9.43. The average molecular weight is 458 g/mol. The van der Waals surface area contributed by atoms with Gasteiger partial charge in [0.15, 0.2) is 0 Å². The van der Waals surface area contributed by atoms with Crippen LogP contribution >= 0.6 is 15.9 Å². The van der Waals surface area contributed by atoms with Crippen molar-refractivity contribution < 1.29 is 14.9 Å². The quantitative estimate of drug-likeness (QED) is 0.634. The predicted octanol–water partition coefficient (Wildman–Crippen LogP) is 3.68. The molecule has 4 saturated carbocycles. The molecule has 4 aliphatic carbocycles. The van der Waals surface area contributed by atoms with Gasteiger partial charge in [-0.2, -0.15) is 0 Å². The number of nitrogens with zero attached hydrogens (tertiary/aromatic N) is 1. The minimum absolute atomic E-state index is 0.0285. The van der Waals surface area contributed by atoms with E-state index in [9.17, 15) is 10.2 Å². The number of aliphatic hydroxyl groups is 2. The average Bonchev–Trinajstić information content (AvgIpc) is 2.86. The zero-order valence-corrected chi connectivity index (χ0v) is 19.9. The Labute approximate surface area is 179 Å². The van der Waals surface area contributed by atoms with Crippen LogP contribution in [0.2, 0.25) is 0 Å². The monoisotopic (exact) mass is 457 g/mol. The second-order valence-electron chi connectivity index (χ2n) is 11.0. The van der Waals surface area contributed by atoms with E-state index in [4.69, 9.17) is 4.74 Å². The number of fused-ring (bicyclic) bond motifs is 5. The fourth-order valence-corrected chi connectivity index (χ4v) is 8.97. The first-order valence-electron chi connectivity index (χ1n) is 11.4. The van der Waals surface area contributed by atoms with E-state index in [0.717, 1.165) is 25.7 Å². The maximum absolute atomic E-state index is 10.7. The number of hydrogen-bond donors (Lipinski definition) is 2. The molecule has 4 aliphatic rings. The fourth-order valence-electron chi connectivity index (χ4n) is 8.23. The second-order valence-corrected chi connectivity index (χ2v) is 12.0. The number of alkyl halides is 1. The summed E-state index contributed by atoms with van der Waals surface area (Å²) in [5.41, 5.74) is 0.361. The summed E-state index contributed by atoms with van der Waals surface area (Å²) in [6.07, 6.45) is 5.82. The van der Waals surface area contributed by atoms with Crippen molar-refractivity contribution in [2.24, 2.45) is 34.5 Å². The summed E-state index contributed by atoms with van der Waals surface area (Å²) in [5, 5.41) is 21.4. The Balaban J connectivity index is 1.72. The van der Waals surface area contributed by atoms with Crippen LogP contribution in [0.3, 0.4) is 0 Å². The SMILES string of the molecule is CCO[C@H]1C[C@@]2(C)[C@@H](CC[C@@H]3[C@@H]2[C@H](N(C)C)C[C@]2(C)[C@H](Br)[C@@H](O)C[C@@H]32)C[C@@H]1O. The zero-order chi connectivity index (χ0) is 20.4. The van der Waals surface area contributed by atoms with Crippen LogP contribution in [0.15, 0.2) is 0 Å².